The van der Waals surface area contributed by atoms with Gasteiger partial charge in [-0.25, -0.2) is 0 Å². The molecule has 1 heteroatoms. The van der Waals surface area contributed by atoms with Crippen molar-refractivity contribution in [3.63, 3.8) is 0 Å². The van der Waals surface area contributed by atoms with Crippen molar-refractivity contribution in [2.75, 3.05) is 0 Å². The molecule has 0 aliphatic heterocycles. The van der Waals surface area contributed by atoms with Crippen LogP contribution in [0.4, 0.5) is 0 Å². The highest BCUT2D eigenvalue weighted by Gasteiger charge is 2.32. The minimum absolute atomic E-state index is 0.389. The molecule has 1 saturated carbocycles. The average Bonchev–Trinajstić information content (AvgIpc) is 2.50. The Hall–Kier alpha value is -0.330. The first kappa shape index (κ1) is 6.79. The van der Waals surface area contributed by atoms with Crippen molar-refractivity contribution in [2.45, 2.75) is 33.1 Å². The Morgan fingerprint density at radius 3 is 2.33 bits per heavy atom. The number of carbonyl (C=O) groups is 1. The number of hydrogen-bond donors (Lipinski definition) is 0. The van der Waals surface area contributed by atoms with Crippen molar-refractivity contribution < 1.29 is 4.79 Å². The van der Waals surface area contributed by atoms with Crippen LogP contribution in [0, 0.1) is 11.8 Å². The van der Waals surface area contributed by atoms with E-state index in [-0.39, 0.29) is 0 Å². The molecular weight excluding hydrogens is 112 g/mol. The van der Waals surface area contributed by atoms with Gasteiger partial charge in [-0.05, 0) is 32.1 Å². The summed E-state index contributed by atoms with van der Waals surface area (Å²) in [5.41, 5.74) is 0. The standard InChI is InChI=1S/C8H14O/c1-3-8(6(2)9)7-4-5-7/h7-8H,3-5H2,1-2H3. The molecule has 52 valence electrons. The van der Waals surface area contributed by atoms with Crippen LogP contribution >= 0.6 is 0 Å². The predicted molar refractivity (Wildman–Crippen MR) is 37.2 cm³/mol. The maximum absolute atomic E-state index is 10.9. The van der Waals surface area contributed by atoms with Gasteiger partial charge in [-0.2, -0.15) is 0 Å². The summed E-state index contributed by atoms with van der Waals surface area (Å²) < 4.78 is 0. The number of carbonyl (C=O) groups excluding carboxylic acids is 1. The van der Waals surface area contributed by atoms with Crippen LogP contribution in [0.2, 0.25) is 0 Å². The third-order valence-electron chi connectivity index (χ3n) is 2.15. The van der Waals surface area contributed by atoms with Crippen molar-refractivity contribution in [1.82, 2.24) is 0 Å². The van der Waals surface area contributed by atoms with E-state index in [1.165, 1.54) is 12.8 Å². The summed E-state index contributed by atoms with van der Waals surface area (Å²) in [6.07, 6.45) is 3.62. The zero-order valence-corrected chi connectivity index (χ0v) is 6.18. The van der Waals surface area contributed by atoms with Crippen molar-refractivity contribution in [1.29, 1.82) is 0 Å². The molecule has 1 nitrogen and oxygen atoms in total. The molecule has 0 saturated heterocycles. The molecule has 0 amide bonds. The highest BCUT2D eigenvalue weighted by molar-refractivity contribution is 5.78. The predicted octanol–water partition coefficient (Wildman–Crippen LogP) is 2.01. The van der Waals surface area contributed by atoms with Gasteiger partial charge in [0.15, 0.2) is 0 Å². The Kier molecular flexibility index (Phi) is 1.89. The van der Waals surface area contributed by atoms with Gasteiger partial charge in [-0.3, -0.25) is 4.79 Å². The lowest BCUT2D eigenvalue weighted by atomic mass is 9.97. The highest BCUT2D eigenvalue weighted by atomic mass is 16.1. The minimum Gasteiger partial charge on any atom is -0.300 e. The van der Waals surface area contributed by atoms with Crippen LogP contribution in [-0.2, 0) is 4.79 Å². The largest absolute Gasteiger partial charge is 0.300 e. The first-order chi connectivity index (χ1) is 4.25. The molecule has 9 heavy (non-hydrogen) atoms. The van der Waals surface area contributed by atoms with Crippen LogP contribution in [0.25, 0.3) is 0 Å². The topological polar surface area (TPSA) is 17.1 Å². The van der Waals surface area contributed by atoms with Gasteiger partial charge in [-0.1, -0.05) is 6.92 Å². The van der Waals surface area contributed by atoms with Gasteiger partial charge in [0.2, 0.25) is 0 Å². The van der Waals surface area contributed by atoms with E-state index in [1.807, 2.05) is 0 Å². The normalized spacial score (nSPS) is 21.6. The summed E-state index contributed by atoms with van der Waals surface area (Å²) in [7, 11) is 0. The van der Waals surface area contributed by atoms with Gasteiger partial charge in [0.05, 0.1) is 0 Å². The SMILES string of the molecule is CCC(C(C)=O)C1CC1. The van der Waals surface area contributed by atoms with E-state index >= 15 is 0 Å². The minimum atomic E-state index is 0.389. The lowest BCUT2D eigenvalue weighted by Crippen LogP contribution is -2.11. The molecule has 1 aliphatic rings. The Morgan fingerprint density at radius 2 is 2.22 bits per heavy atom. The van der Waals surface area contributed by atoms with Crippen molar-refractivity contribution >= 4 is 5.78 Å². The Labute approximate surface area is 56.4 Å². The monoisotopic (exact) mass is 126 g/mol. The fourth-order valence-electron chi connectivity index (χ4n) is 1.45. The van der Waals surface area contributed by atoms with E-state index in [4.69, 9.17) is 0 Å². The third kappa shape index (κ3) is 1.54. The summed E-state index contributed by atoms with van der Waals surface area (Å²) in [5, 5.41) is 0. The summed E-state index contributed by atoms with van der Waals surface area (Å²) in [4.78, 5) is 10.9. The first-order valence-corrected chi connectivity index (χ1v) is 3.76. The van der Waals surface area contributed by atoms with Crippen molar-refractivity contribution in [3.05, 3.63) is 0 Å². The van der Waals surface area contributed by atoms with Gasteiger partial charge < -0.3 is 0 Å². The van der Waals surface area contributed by atoms with Crippen LogP contribution in [0.5, 0.6) is 0 Å². The fraction of sp³-hybridized carbons (Fsp3) is 0.875. The maximum atomic E-state index is 10.9. The molecule has 0 aromatic heterocycles. The van der Waals surface area contributed by atoms with Crippen LogP contribution in [0.3, 0.4) is 0 Å². The second-order valence-corrected chi connectivity index (χ2v) is 2.96. The molecule has 0 bridgehead atoms. The molecule has 0 radical (unpaired) electrons. The zero-order chi connectivity index (χ0) is 6.85. The van der Waals surface area contributed by atoms with Crippen molar-refractivity contribution in [2.24, 2.45) is 11.8 Å². The molecule has 1 unspecified atom stereocenters. The highest BCUT2D eigenvalue weighted by Crippen LogP contribution is 2.38. The summed E-state index contributed by atoms with van der Waals surface area (Å²) in [6.45, 7) is 3.82. The van der Waals surface area contributed by atoms with Gasteiger partial charge >= 0.3 is 0 Å². The van der Waals surface area contributed by atoms with Gasteiger partial charge in [0.25, 0.3) is 0 Å². The van der Waals surface area contributed by atoms with Crippen LogP contribution in [0.1, 0.15) is 33.1 Å². The van der Waals surface area contributed by atoms with E-state index in [2.05, 4.69) is 6.92 Å². The molecule has 0 N–H and O–H groups in total. The molecule has 1 fully saturated rings. The molecule has 0 aromatic rings. The van der Waals surface area contributed by atoms with E-state index in [1.54, 1.807) is 6.92 Å². The van der Waals surface area contributed by atoms with Gasteiger partial charge in [0, 0.05) is 5.92 Å². The zero-order valence-electron chi connectivity index (χ0n) is 6.18. The van der Waals surface area contributed by atoms with E-state index in [0.29, 0.717) is 11.7 Å². The summed E-state index contributed by atoms with van der Waals surface area (Å²) in [5.74, 6) is 1.54. The number of ketones is 1. The van der Waals surface area contributed by atoms with E-state index in [0.717, 1.165) is 12.3 Å². The Bertz CT molecular complexity index is 114. The third-order valence-corrected chi connectivity index (χ3v) is 2.15. The van der Waals surface area contributed by atoms with Crippen LogP contribution < -0.4 is 0 Å². The fourth-order valence-corrected chi connectivity index (χ4v) is 1.45. The van der Waals surface area contributed by atoms with E-state index < -0.39 is 0 Å². The smallest absolute Gasteiger partial charge is 0.133 e. The molecule has 1 atom stereocenters. The number of hydrogen-bond acceptors (Lipinski definition) is 1. The number of Topliss-reactive ketones (excluding diaryl/α,β-unsaturated/α-hetero) is 1. The summed E-state index contributed by atoms with van der Waals surface area (Å²) in [6, 6.07) is 0. The second-order valence-electron chi connectivity index (χ2n) is 2.96. The lowest BCUT2D eigenvalue weighted by Gasteiger charge is -2.06. The quantitative estimate of drug-likeness (QED) is 0.565. The average molecular weight is 126 g/mol. The lowest BCUT2D eigenvalue weighted by molar-refractivity contribution is -0.121. The Morgan fingerprint density at radius 1 is 1.67 bits per heavy atom. The maximum Gasteiger partial charge on any atom is 0.133 e. The molecular formula is C8H14O. The summed E-state index contributed by atoms with van der Waals surface area (Å²) >= 11 is 0. The Balaban J connectivity index is 2.37. The van der Waals surface area contributed by atoms with Gasteiger partial charge in [0.1, 0.15) is 5.78 Å². The van der Waals surface area contributed by atoms with Crippen LogP contribution in [0.15, 0.2) is 0 Å². The molecule has 1 aliphatic carbocycles. The van der Waals surface area contributed by atoms with Gasteiger partial charge in [-0.15, -0.1) is 0 Å². The van der Waals surface area contributed by atoms with Crippen LogP contribution in [-0.4, -0.2) is 5.78 Å². The molecule has 0 aromatic carbocycles. The van der Waals surface area contributed by atoms with E-state index in [9.17, 15) is 4.79 Å². The molecule has 1 rings (SSSR count). The second kappa shape index (κ2) is 2.51. The molecule has 0 spiro atoms. The molecule has 0 heterocycles. The number of rotatable bonds is 3. The first-order valence-electron chi connectivity index (χ1n) is 3.76. The van der Waals surface area contributed by atoms with Crippen molar-refractivity contribution in [3.8, 4) is 0 Å².